The van der Waals surface area contributed by atoms with Crippen molar-refractivity contribution in [2.24, 2.45) is 0 Å². The Morgan fingerprint density at radius 2 is 2.25 bits per heavy atom. The minimum absolute atomic E-state index is 0. The highest BCUT2D eigenvalue weighted by atomic mass is 35.5. The van der Waals surface area contributed by atoms with Gasteiger partial charge in [0, 0.05) is 6.54 Å². The van der Waals surface area contributed by atoms with Gasteiger partial charge in [0.2, 0.25) is 0 Å². The van der Waals surface area contributed by atoms with Crippen molar-refractivity contribution in [3.63, 3.8) is 0 Å². The quantitative estimate of drug-likeness (QED) is 0.609. The molecule has 3 heteroatoms. The van der Waals surface area contributed by atoms with Crippen LogP contribution in [0.4, 0.5) is 0 Å². The molecule has 1 aromatic carbocycles. The Bertz CT molecular complexity index is 333. The predicted octanol–water partition coefficient (Wildman–Crippen LogP) is 2.62. The lowest BCUT2D eigenvalue weighted by atomic mass is 10.2. The molecule has 0 saturated heterocycles. The molecule has 88 valence electrons. The summed E-state index contributed by atoms with van der Waals surface area (Å²) in [7, 11) is 0. The number of rotatable bonds is 6. The van der Waals surface area contributed by atoms with E-state index >= 15 is 0 Å². The first-order valence-electron chi connectivity index (χ1n) is 5.22. The number of hydrogen-bond donors (Lipinski definition) is 1. The molecule has 0 amide bonds. The van der Waals surface area contributed by atoms with Crippen LogP contribution in [0.3, 0.4) is 0 Å². The SMILES string of the molecule is C#CCOc1cccc(CNCCC)c1.Cl. The molecule has 1 aromatic rings. The average Bonchev–Trinajstić information content (AvgIpc) is 2.27. The molecular weight excluding hydrogens is 222 g/mol. The van der Waals surface area contributed by atoms with E-state index in [-0.39, 0.29) is 12.4 Å². The second-order valence-corrected chi connectivity index (χ2v) is 3.32. The van der Waals surface area contributed by atoms with Crippen LogP contribution < -0.4 is 10.1 Å². The fourth-order valence-corrected chi connectivity index (χ4v) is 1.28. The molecule has 0 unspecified atom stereocenters. The highest BCUT2D eigenvalue weighted by Gasteiger charge is 1.95. The van der Waals surface area contributed by atoms with Gasteiger partial charge in [0.15, 0.2) is 0 Å². The maximum atomic E-state index is 5.34. The Labute approximate surface area is 104 Å². The topological polar surface area (TPSA) is 21.3 Å². The van der Waals surface area contributed by atoms with E-state index in [4.69, 9.17) is 11.2 Å². The van der Waals surface area contributed by atoms with Crippen molar-refractivity contribution in [2.75, 3.05) is 13.2 Å². The summed E-state index contributed by atoms with van der Waals surface area (Å²) in [5.41, 5.74) is 1.22. The van der Waals surface area contributed by atoms with Crippen LogP contribution in [0.2, 0.25) is 0 Å². The zero-order valence-electron chi connectivity index (χ0n) is 9.53. The molecule has 1 N–H and O–H groups in total. The van der Waals surface area contributed by atoms with Crippen LogP contribution >= 0.6 is 12.4 Å². The molecule has 1 rings (SSSR count). The van der Waals surface area contributed by atoms with Gasteiger partial charge >= 0.3 is 0 Å². The van der Waals surface area contributed by atoms with Gasteiger partial charge in [-0.1, -0.05) is 25.0 Å². The summed E-state index contributed by atoms with van der Waals surface area (Å²) in [5, 5.41) is 3.34. The molecule has 0 saturated carbocycles. The summed E-state index contributed by atoms with van der Waals surface area (Å²) in [4.78, 5) is 0. The lowest BCUT2D eigenvalue weighted by Gasteiger charge is -2.06. The van der Waals surface area contributed by atoms with Gasteiger partial charge in [-0.2, -0.15) is 0 Å². The summed E-state index contributed by atoms with van der Waals surface area (Å²) in [5.74, 6) is 3.29. The van der Waals surface area contributed by atoms with Crippen molar-refractivity contribution in [1.82, 2.24) is 5.32 Å². The van der Waals surface area contributed by atoms with E-state index in [1.165, 1.54) is 5.56 Å². The monoisotopic (exact) mass is 239 g/mol. The number of ether oxygens (including phenoxy) is 1. The van der Waals surface area contributed by atoms with Crippen molar-refractivity contribution >= 4 is 12.4 Å². The molecule has 0 atom stereocenters. The predicted molar refractivity (Wildman–Crippen MR) is 70.0 cm³/mol. The summed E-state index contributed by atoms with van der Waals surface area (Å²) in [6, 6.07) is 7.99. The summed E-state index contributed by atoms with van der Waals surface area (Å²) in [6.07, 6.45) is 6.27. The second-order valence-electron chi connectivity index (χ2n) is 3.32. The zero-order chi connectivity index (χ0) is 10.9. The third-order valence-corrected chi connectivity index (χ3v) is 1.98. The smallest absolute Gasteiger partial charge is 0.148 e. The zero-order valence-corrected chi connectivity index (χ0v) is 10.3. The second kappa shape index (κ2) is 9.08. The highest BCUT2D eigenvalue weighted by molar-refractivity contribution is 5.85. The first-order chi connectivity index (χ1) is 7.36. The van der Waals surface area contributed by atoms with Gasteiger partial charge in [0.1, 0.15) is 12.4 Å². The number of halogens is 1. The van der Waals surface area contributed by atoms with Crippen LogP contribution in [0.15, 0.2) is 24.3 Å². The van der Waals surface area contributed by atoms with E-state index in [0.29, 0.717) is 6.61 Å². The van der Waals surface area contributed by atoms with Crippen molar-refractivity contribution in [3.05, 3.63) is 29.8 Å². The Morgan fingerprint density at radius 3 is 2.94 bits per heavy atom. The molecule has 16 heavy (non-hydrogen) atoms. The van der Waals surface area contributed by atoms with E-state index in [0.717, 1.165) is 25.3 Å². The van der Waals surface area contributed by atoms with Crippen LogP contribution in [0, 0.1) is 12.3 Å². The van der Waals surface area contributed by atoms with Gasteiger partial charge < -0.3 is 10.1 Å². The Balaban J connectivity index is 0.00000225. The molecule has 0 heterocycles. The molecule has 0 aromatic heterocycles. The molecule has 0 aliphatic carbocycles. The summed E-state index contributed by atoms with van der Waals surface area (Å²) in [6.45, 7) is 4.39. The van der Waals surface area contributed by atoms with Crippen molar-refractivity contribution < 1.29 is 4.74 Å². The lowest BCUT2D eigenvalue weighted by molar-refractivity contribution is 0.370. The maximum absolute atomic E-state index is 5.34. The van der Waals surface area contributed by atoms with Crippen LogP contribution in [0.1, 0.15) is 18.9 Å². The number of benzene rings is 1. The van der Waals surface area contributed by atoms with Gasteiger partial charge in [-0.25, -0.2) is 0 Å². The normalized spacial score (nSPS) is 9.00. The molecule has 0 fully saturated rings. The third kappa shape index (κ3) is 5.65. The van der Waals surface area contributed by atoms with Gasteiger partial charge in [0.05, 0.1) is 0 Å². The fraction of sp³-hybridized carbons (Fsp3) is 0.385. The van der Waals surface area contributed by atoms with E-state index in [1.54, 1.807) is 0 Å². The van der Waals surface area contributed by atoms with Gasteiger partial charge in [-0.15, -0.1) is 18.8 Å². The molecular formula is C13H18ClNO. The maximum Gasteiger partial charge on any atom is 0.148 e. The van der Waals surface area contributed by atoms with E-state index in [9.17, 15) is 0 Å². The molecule has 2 nitrogen and oxygen atoms in total. The molecule has 0 aliphatic heterocycles. The summed E-state index contributed by atoms with van der Waals surface area (Å²) < 4.78 is 5.34. The van der Waals surface area contributed by atoms with E-state index in [1.807, 2.05) is 18.2 Å². The van der Waals surface area contributed by atoms with Gasteiger partial charge in [-0.3, -0.25) is 0 Å². The first-order valence-corrected chi connectivity index (χ1v) is 5.22. The summed E-state index contributed by atoms with van der Waals surface area (Å²) >= 11 is 0. The van der Waals surface area contributed by atoms with Crippen LogP contribution in [-0.2, 0) is 6.54 Å². The van der Waals surface area contributed by atoms with Crippen LogP contribution in [0.5, 0.6) is 5.75 Å². The highest BCUT2D eigenvalue weighted by Crippen LogP contribution is 2.12. The van der Waals surface area contributed by atoms with Gasteiger partial charge in [-0.05, 0) is 30.7 Å². The standard InChI is InChI=1S/C13H17NO.ClH/c1-3-8-14-11-12-6-5-7-13(10-12)15-9-4-2;/h2,5-7,10,14H,3,8-9,11H2,1H3;1H. The van der Waals surface area contributed by atoms with Crippen molar-refractivity contribution in [2.45, 2.75) is 19.9 Å². The first kappa shape index (κ1) is 14.8. The third-order valence-electron chi connectivity index (χ3n) is 1.98. The fourth-order valence-electron chi connectivity index (χ4n) is 1.28. The van der Waals surface area contributed by atoms with Crippen LogP contribution in [-0.4, -0.2) is 13.2 Å². The molecule has 0 radical (unpaired) electrons. The van der Waals surface area contributed by atoms with Gasteiger partial charge in [0.25, 0.3) is 0 Å². The largest absolute Gasteiger partial charge is 0.481 e. The van der Waals surface area contributed by atoms with Crippen molar-refractivity contribution in [1.29, 1.82) is 0 Å². The number of hydrogen-bond acceptors (Lipinski definition) is 2. The molecule has 0 aliphatic rings. The van der Waals surface area contributed by atoms with Crippen LogP contribution in [0.25, 0.3) is 0 Å². The van der Waals surface area contributed by atoms with E-state index < -0.39 is 0 Å². The van der Waals surface area contributed by atoms with E-state index in [2.05, 4.69) is 24.2 Å². The average molecular weight is 240 g/mol. The Morgan fingerprint density at radius 1 is 1.44 bits per heavy atom. The Kier molecular flexibility index (Phi) is 8.42. The Hall–Kier alpha value is -1.17. The number of terminal acetylenes is 1. The molecule has 0 spiro atoms. The van der Waals surface area contributed by atoms with Crippen molar-refractivity contribution in [3.8, 4) is 18.1 Å². The molecule has 0 bridgehead atoms. The lowest BCUT2D eigenvalue weighted by Crippen LogP contribution is -2.13. The number of nitrogens with one attached hydrogen (secondary N) is 1. The minimum Gasteiger partial charge on any atom is -0.481 e. The minimum atomic E-state index is 0.